The topological polar surface area (TPSA) is 41.5 Å². The maximum atomic E-state index is 12.1. The lowest BCUT2D eigenvalue weighted by Crippen LogP contribution is -2.22. The molecule has 0 saturated heterocycles. The smallest absolute Gasteiger partial charge is 0.243 e. The fourth-order valence-electron chi connectivity index (χ4n) is 3.63. The molecule has 2 aliphatic rings. The number of amides is 1. The molecule has 3 rings (SSSR count). The van der Waals surface area contributed by atoms with Gasteiger partial charge in [0.25, 0.3) is 0 Å². The van der Waals surface area contributed by atoms with Crippen molar-refractivity contribution in [2.75, 3.05) is 0 Å². The highest BCUT2D eigenvalue weighted by Gasteiger charge is 2.54. The van der Waals surface area contributed by atoms with Crippen molar-refractivity contribution >= 4 is 11.6 Å². The van der Waals surface area contributed by atoms with Gasteiger partial charge in [-0.25, -0.2) is 5.43 Å². The fraction of sp³-hybridized carbons (Fsp3) is 0.556. The first kappa shape index (κ1) is 14.3. The van der Waals surface area contributed by atoms with Gasteiger partial charge in [-0.3, -0.25) is 4.79 Å². The molecule has 1 aromatic carbocycles. The number of benzene rings is 1. The molecule has 21 heavy (non-hydrogen) atoms. The second-order valence-corrected chi connectivity index (χ2v) is 6.45. The summed E-state index contributed by atoms with van der Waals surface area (Å²) < 4.78 is 0. The summed E-state index contributed by atoms with van der Waals surface area (Å²) in [4.78, 5) is 12.1. The Hall–Kier alpha value is -1.64. The molecule has 0 heterocycles. The third kappa shape index (κ3) is 3.52. The Bertz CT molecular complexity index is 511. The van der Waals surface area contributed by atoms with Gasteiger partial charge in [0.2, 0.25) is 5.91 Å². The van der Waals surface area contributed by atoms with Crippen molar-refractivity contribution < 1.29 is 4.79 Å². The van der Waals surface area contributed by atoms with Crippen LogP contribution in [0.4, 0.5) is 0 Å². The SMILES string of the molecule is CC(CCc1ccccc1)=NNC(=O)C1[C@H]2CCCC[C@H]12. The first-order valence-corrected chi connectivity index (χ1v) is 8.12. The normalized spacial score (nSPS) is 27.9. The molecule has 2 fully saturated rings. The van der Waals surface area contributed by atoms with Gasteiger partial charge in [0.05, 0.1) is 0 Å². The van der Waals surface area contributed by atoms with Crippen LogP contribution >= 0.6 is 0 Å². The average molecular weight is 284 g/mol. The zero-order chi connectivity index (χ0) is 14.7. The number of carbonyl (C=O) groups excluding carboxylic acids is 1. The van der Waals surface area contributed by atoms with E-state index in [9.17, 15) is 4.79 Å². The summed E-state index contributed by atoms with van der Waals surface area (Å²) in [7, 11) is 0. The predicted molar refractivity (Wildman–Crippen MR) is 85.0 cm³/mol. The fourth-order valence-corrected chi connectivity index (χ4v) is 3.63. The number of hydrazone groups is 1. The molecule has 1 N–H and O–H groups in total. The van der Waals surface area contributed by atoms with Crippen molar-refractivity contribution in [3.8, 4) is 0 Å². The molecule has 0 bridgehead atoms. The van der Waals surface area contributed by atoms with Crippen LogP contribution in [0.3, 0.4) is 0 Å². The third-order valence-corrected chi connectivity index (χ3v) is 4.93. The van der Waals surface area contributed by atoms with Gasteiger partial charge in [-0.1, -0.05) is 43.2 Å². The Labute approximate surface area is 126 Å². The summed E-state index contributed by atoms with van der Waals surface area (Å²) in [5.41, 5.74) is 5.09. The molecule has 2 atom stereocenters. The molecule has 0 aliphatic heterocycles. The van der Waals surface area contributed by atoms with Crippen molar-refractivity contribution in [2.24, 2.45) is 22.9 Å². The van der Waals surface area contributed by atoms with Crippen LogP contribution < -0.4 is 5.43 Å². The summed E-state index contributed by atoms with van der Waals surface area (Å²) in [5.74, 6) is 1.70. The highest BCUT2D eigenvalue weighted by atomic mass is 16.2. The van der Waals surface area contributed by atoms with Crippen LogP contribution in [0.1, 0.15) is 44.6 Å². The van der Waals surface area contributed by atoms with E-state index in [4.69, 9.17) is 0 Å². The highest BCUT2D eigenvalue weighted by Crippen LogP contribution is 2.55. The number of hydrogen-bond donors (Lipinski definition) is 1. The number of hydrogen-bond acceptors (Lipinski definition) is 2. The third-order valence-electron chi connectivity index (χ3n) is 4.93. The number of nitrogens with one attached hydrogen (secondary N) is 1. The van der Waals surface area contributed by atoms with Crippen LogP contribution in [0.25, 0.3) is 0 Å². The van der Waals surface area contributed by atoms with Crippen LogP contribution in [0.5, 0.6) is 0 Å². The van der Waals surface area contributed by atoms with Gasteiger partial charge in [-0.05, 0) is 50.0 Å². The van der Waals surface area contributed by atoms with Crippen LogP contribution in [0.2, 0.25) is 0 Å². The lowest BCUT2D eigenvalue weighted by Gasteiger charge is -2.04. The zero-order valence-corrected chi connectivity index (χ0v) is 12.7. The summed E-state index contributed by atoms with van der Waals surface area (Å²) in [6, 6.07) is 10.4. The minimum Gasteiger partial charge on any atom is -0.273 e. The number of carbonyl (C=O) groups is 1. The van der Waals surface area contributed by atoms with Crippen molar-refractivity contribution in [3.63, 3.8) is 0 Å². The Morgan fingerprint density at radius 1 is 1.19 bits per heavy atom. The molecule has 0 radical (unpaired) electrons. The molecule has 0 unspecified atom stereocenters. The van der Waals surface area contributed by atoms with E-state index >= 15 is 0 Å². The van der Waals surface area contributed by atoms with Gasteiger partial charge in [0.1, 0.15) is 0 Å². The quantitative estimate of drug-likeness (QED) is 0.652. The van der Waals surface area contributed by atoms with E-state index in [1.165, 1.54) is 31.2 Å². The van der Waals surface area contributed by atoms with Gasteiger partial charge in [0.15, 0.2) is 0 Å². The van der Waals surface area contributed by atoms with Crippen molar-refractivity contribution in [2.45, 2.75) is 45.4 Å². The monoisotopic (exact) mass is 284 g/mol. The summed E-state index contributed by atoms with van der Waals surface area (Å²) in [6.07, 6.45) is 6.93. The predicted octanol–water partition coefficient (Wildman–Crippen LogP) is 3.55. The van der Waals surface area contributed by atoms with Crippen LogP contribution in [0, 0.1) is 17.8 Å². The molecule has 2 saturated carbocycles. The highest BCUT2D eigenvalue weighted by molar-refractivity contribution is 5.86. The number of rotatable bonds is 5. The van der Waals surface area contributed by atoms with Gasteiger partial charge < -0.3 is 0 Å². The van der Waals surface area contributed by atoms with E-state index in [-0.39, 0.29) is 11.8 Å². The van der Waals surface area contributed by atoms with E-state index in [1.807, 2.05) is 13.0 Å². The minimum absolute atomic E-state index is 0.144. The first-order valence-electron chi connectivity index (χ1n) is 8.12. The summed E-state index contributed by atoms with van der Waals surface area (Å²) in [5, 5.41) is 4.28. The van der Waals surface area contributed by atoms with Crippen LogP contribution in [-0.2, 0) is 11.2 Å². The van der Waals surface area contributed by atoms with Crippen molar-refractivity contribution in [1.29, 1.82) is 0 Å². The zero-order valence-electron chi connectivity index (χ0n) is 12.7. The van der Waals surface area contributed by atoms with E-state index in [0.29, 0.717) is 11.8 Å². The molecule has 0 spiro atoms. The largest absolute Gasteiger partial charge is 0.273 e. The Balaban J connectivity index is 1.44. The summed E-state index contributed by atoms with van der Waals surface area (Å²) >= 11 is 0. The lowest BCUT2D eigenvalue weighted by molar-refractivity contribution is -0.122. The Morgan fingerprint density at radius 3 is 2.52 bits per heavy atom. The van der Waals surface area contributed by atoms with Gasteiger partial charge in [-0.15, -0.1) is 0 Å². The van der Waals surface area contributed by atoms with Gasteiger partial charge >= 0.3 is 0 Å². The first-order chi connectivity index (χ1) is 10.3. The van der Waals surface area contributed by atoms with Crippen LogP contribution in [-0.4, -0.2) is 11.6 Å². The second kappa shape index (κ2) is 6.42. The van der Waals surface area contributed by atoms with Crippen LogP contribution in [0.15, 0.2) is 35.4 Å². The standard InChI is InChI=1S/C18H24N2O/c1-13(11-12-14-7-3-2-4-8-14)19-20-18(21)17-15-9-5-6-10-16(15)17/h2-4,7-8,15-17H,5-6,9-12H2,1H3,(H,20,21)/t15-,16-/m0/s1. The molecule has 1 amide bonds. The van der Waals surface area contributed by atoms with Gasteiger partial charge in [-0.2, -0.15) is 5.10 Å². The van der Waals surface area contributed by atoms with Crippen molar-refractivity contribution in [3.05, 3.63) is 35.9 Å². The lowest BCUT2D eigenvalue weighted by atomic mass is 10.0. The number of fused-ring (bicyclic) bond motifs is 1. The van der Waals surface area contributed by atoms with E-state index in [0.717, 1.165) is 18.6 Å². The van der Waals surface area contributed by atoms with E-state index in [2.05, 4.69) is 34.8 Å². The second-order valence-electron chi connectivity index (χ2n) is 6.45. The molecular weight excluding hydrogens is 260 g/mol. The number of nitrogens with zero attached hydrogens (tertiary/aromatic N) is 1. The number of aryl methyl sites for hydroxylation is 1. The summed E-state index contributed by atoms with van der Waals surface area (Å²) in [6.45, 7) is 1.99. The molecule has 112 valence electrons. The van der Waals surface area contributed by atoms with Crippen molar-refractivity contribution in [1.82, 2.24) is 5.43 Å². The maximum absolute atomic E-state index is 12.1. The molecular formula is C18H24N2O. The molecule has 3 heteroatoms. The average Bonchev–Trinajstić information content (AvgIpc) is 3.26. The Morgan fingerprint density at radius 2 is 1.86 bits per heavy atom. The van der Waals surface area contributed by atoms with E-state index in [1.54, 1.807) is 0 Å². The molecule has 1 aromatic rings. The minimum atomic E-state index is 0.144. The molecule has 2 aliphatic carbocycles. The van der Waals surface area contributed by atoms with Gasteiger partial charge in [0, 0.05) is 11.6 Å². The Kier molecular flexibility index (Phi) is 4.37. The van der Waals surface area contributed by atoms with E-state index < -0.39 is 0 Å². The molecule has 3 nitrogen and oxygen atoms in total. The maximum Gasteiger partial charge on any atom is 0.243 e. The molecule has 0 aromatic heterocycles.